The number of aromatic nitrogens is 4. The highest BCUT2D eigenvalue weighted by Crippen LogP contribution is 2.19. The molecule has 0 atom stereocenters. The van der Waals surface area contributed by atoms with Gasteiger partial charge in [-0.15, -0.1) is 16.4 Å². The van der Waals surface area contributed by atoms with Crippen LogP contribution in [-0.2, 0) is 6.54 Å². The van der Waals surface area contributed by atoms with Crippen LogP contribution < -0.4 is 5.32 Å². The minimum absolute atomic E-state index is 0.774. The van der Waals surface area contributed by atoms with E-state index >= 15 is 0 Å². The van der Waals surface area contributed by atoms with E-state index in [4.69, 9.17) is 0 Å². The van der Waals surface area contributed by atoms with Gasteiger partial charge in [0, 0.05) is 17.1 Å². The summed E-state index contributed by atoms with van der Waals surface area (Å²) in [6.07, 6.45) is 0. The molecule has 0 aliphatic carbocycles. The second kappa shape index (κ2) is 5.42. The molecule has 0 fully saturated rings. The molecule has 3 aromatic rings. The SMILES string of the molecule is Cc1ccsc1CNc1cccc(-n2nnnc2C)c1. The summed E-state index contributed by atoms with van der Waals surface area (Å²) < 4.78 is 1.72. The number of anilines is 1. The fourth-order valence-electron chi connectivity index (χ4n) is 1.99. The summed E-state index contributed by atoms with van der Waals surface area (Å²) in [4.78, 5) is 1.36. The van der Waals surface area contributed by atoms with Crippen LogP contribution in [0.5, 0.6) is 0 Å². The van der Waals surface area contributed by atoms with Crippen molar-refractivity contribution in [1.29, 1.82) is 0 Å². The molecule has 0 unspecified atom stereocenters. The van der Waals surface area contributed by atoms with Crippen molar-refractivity contribution in [3.05, 3.63) is 52.0 Å². The van der Waals surface area contributed by atoms with Gasteiger partial charge in [-0.25, -0.2) is 0 Å². The van der Waals surface area contributed by atoms with Gasteiger partial charge in [0.2, 0.25) is 0 Å². The summed E-state index contributed by atoms with van der Waals surface area (Å²) in [5.74, 6) is 0.774. The summed E-state index contributed by atoms with van der Waals surface area (Å²) in [7, 11) is 0. The minimum Gasteiger partial charge on any atom is -0.380 e. The van der Waals surface area contributed by atoms with E-state index in [1.165, 1.54) is 10.4 Å². The van der Waals surface area contributed by atoms with Crippen LogP contribution in [0, 0.1) is 13.8 Å². The van der Waals surface area contributed by atoms with Crippen LogP contribution in [0.15, 0.2) is 35.7 Å². The fourth-order valence-corrected chi connectivity index (χ4v) is 2.83. The van der Waals surface area contributed by atoms with E-state index in [9.17, 15) is 0 Å². The standard InChI is InChI=1S/C14H15N5S/c1-10-6-7-20-14(10)9-15-12-4-3-5-13(8-12)19-11(2)16-17-18-19/h3-8,15H,9H2,1-2H3. The van der Waals surface area contributed by atoms with Crippen molar-refractivity contribution in [2.24, 2.45) is 0 Å². The average molecular weight is 285 g/mol. The lowest BCUT2D eigenvalue weighted by molar-refractivity contribution is 0.779. The number of tetrazole rings is 1. The molecule has 0 aliphatic rings. The topological polar surface area (TPSA) is 55.6 Å². The molecule has 20 heavy (non-hydrogen) atoms. The number of benzene rings is 1. The van der Waals surface area contributed by atoms with Crippen molar-refractivity contribution in [2.75, 3.05) is 5.32 Å². The van der Waals surface area contributed by atoms with Crippen LogP contribution in [-0.4, -0.2) is 20.2 Å². The molecule has 0 bridgehead atoms. The van der Waals surface area contributed by atoms with Gasteiger partial charge in [-0.1, -0.05) is 6.07 Å². The number of thiophene rings is 1. The summed E-state index contributed by atoms with van der Waals surface area (Å²) in [6, 6.07) is 10.2. The lowest BCUT2D eigenvalue weighted by Crippen LogP contribution is -2.02. The maximum atomic E-state index is 3.98. The Morgan fingerprint density at radius 1 is 1.25 bits per heavy atom. The predicted molar refractivity (Wildman–Crippen MR) is 80.3 cm³/mol. The van der Waals surface area contributed by atoms with E-state index in [0.29, 0.717) is 0 Å². The highest BCUT2D eigenvalue weighted by atomic mass is 32.1. The maximum absolute atomic E-state index is 3.98. The molecule has 3 rings (SSSR count). The summed E-state index contributed by atoms with van der Waals surface area (Å²) in [5, 5.41) is 17.1. The lowest BCUT2D eigenvalue weighted by Gasteiger charge is -2.08. The molecule has 1 N–H and O–H groups in total. The number of aryl methyl sites for hydroxylation is 2. The van der Waals surface area contributed by atoms with Crippen molar-refractivity contribution in [2.45, 2.75) is 20.4 Å². The first-order chi connectivity index (χ1) is 9.74. The zero-order valence-electron chi connectivity index (χ0n) is 11.4. The second-order valence-electron chi connectivity index (χ2n) is 4.57. The first kappa shape index (κ1) is 12.8. The van der Waals surface area contributed by atoms with Crippen molar-refractivity contribution in [3.8, 4) is 5.69 Å². The van der Waals surface area contributed by atoms with E-state index < -0.39 is 0 Å². The Balaban J connectivity index is 1.78. The van der Waals surface area contributed by atoms with Gasteiger partial charge < -0.3 is 5.32 Å². The third-order valence-electron chi connectivity index (χ3n) is 3.14. The van der Waals surface area contributed by atoms with Crippen LogP contribution >= 0.6 is 11.3 Å². The third kappa shape index (κ3) is 2.55. The van der Waals surface area contributed by atoms with Crippen molar-refractivity contribution < 1.29 is 0 Å². The minimum atomic E-state index is 0.774. The summed E-state index contributed by atoms with van der Waals surface area (Å²) >= 11 is 1.77. The highest BCUT2D eigenvalue weighted by Gasteiger charge is 2.05. The highest BCUT2D eigenvalue weighted by molar-refractivity contribution is 7.10. The Morgan fingerprint density at radius 3 is 2.85 bits per heavy atom. The second-order valence-corrected chi connectivity index (χ2v) is 5.57. The number of rotatable bonds is 4. The quantitative estimate of drug-likeness (QED) is 0.800. The van der Waals surface area contributed by atoms with Crippen LogP contribution in [0.3, 0.4) is 0 Å². The van der Waals surface area contributed by atoms with E-state index in [-0.39, 0.29) is 0 Å². The largest absolute Gasteiger partial charge is 0.380 e. The molecular formula is C14H15N5S. The Morgan fingerprint density at radius 2 is 2.15 bits per heavy atom. The number of hydrogen-bond donors (Lipinski definition) is 1. The van der Waals surface area contributed by atoms with Gasteiger partial charge in [-0.2, -0.15) is 4.68 Å². The zero-order valence-corrected chi connectivity index (χ0v) is 12.2. The zero-order chi connectivity index (χ0) is 13.9. The van der Waals surface area contributed by atoms with Gasteiger partial charge in [-0.3, -0.25) is 0 Å². The van der Waals surface area contributed by atoms with Crippen molar-refractivity contribution in [3.63, 3.8) is 0 Å². The molecule has 6 heteroatoms. The molecule has 0 saturated carbocycles. The molecule has 2 heterocycles. The Bertz CT molecular complexity index is 716. The molecule has 0 radical (unpaired) electrons. The number of nitrogens with one attached hydrogen (secondary N) is 1. The molecule has 1 aromatic carbocycles. The van der Waals surface area contributed by atoms with Gasteiger partial charge in [0.25, 0.3) is 0 Å². The molecule has 2 aromatic heterocycles. The van der Waals surface area contributed by atoms with Gasteiger partial charge in [0.05, 0.1) is 5.69 Å². The summed E-state index contributed by atoms with van der Waals surface area (Å²) in [5.41, 5.74) is 3.35. The van der Waals surface area contributed by atoms with E-state index in [0.717, 1.165) is 23.7 Å². The fraction of sp³-hybridized carbons (Fsp3) is 0.214. The van der Waals surface area contributed by atoms with Crippen LogP contribution in [0.2, 0.25) is 0 Å². The van der Waals surface area contributed by atoms with E-state index in [1.807, 2.05) is 31.2 Å². The smallest absolute Gasteiger partial charge is 0.153 e. The third-order valence-corrected chi connectivity index (χ3v) is 4.16. The van der Waals surface area contributed by atoms with E-state index in [1.54, 1.807) is 16.0 Å². The Labute approximate surface area is 121 Å². The van der Waals surface area contributed by atoms with E-state index in [2.05, 4.69) is 39.2 Å². The first-order valence-electron chi connectivity index (χ1n) is 6.36. The molecule has 5 nitrogen and oxygen atoms in total. The normalized spacial score (nSPS) is 10.7. The van der Waals surface area contributed by atoms with Gasteiger partial charge in [0.1, 0.15) is 0 Å². The monoisotopic (exact) mass is 285 g/mol. The van der Waals surface area contributed by atoms with Crippen LogP contribution in [0.25, 0.3) is 5.69 Å². The molecule has 0 aliphatic heterocycles. The first-order valence-corrected chi connectivity index (χ1v) is 7.24. The molecule has 0 spiro atoms. The van der Waals surface area contributed by atoms with Crippen LogP contribution in [0.4, 0.5) is 5.69 Å². The molecule has 102 valence electrons. The maximum Gasteiger partial charge on any atom is 0.153 e. The predicted octanol–water partition coefficient (Wildman–Crippen LogP) is 2.95. The van der Waals surface area contributed by atoms with Crippen LogP contribution in [0.1, 0.15) is 16.3 Å². The molecule has 0 amide bonds. The van der Waals surface area contributed by atoms with Gasteiger partial charge in [0.15, 0.2) is 5.82 Å². The summed E-state index contributed by atoms with van der Waals surface area (Å²) in [6.45, 7) is 4.85. The van der Waals surface area contributed by atoms with Crippen molar-refractivity contribution >= 4 is 17.0 Å². The number of hydrogen-bond acceptors (Lipinski definition) is 5. The Kier molecular flexibility index (Phi) is 3.47. The average Bonchev–Trinajstić information content (AvgIpc) is 3.05. The lowest BCUT2D eigenvalue weighted by atomic mass is 10.2. The van der Waals surface area contributed by atoms with Gasteiger partial charge >= 0.3 is 0 Å². The molecule has 0 saturated heterocycles. The molecular weight excluding hydrogens is 270 g/mol. The number of nitrogens with zero attached hydrogens (tertiary/aromatic N) is 4. The Hall–Kier alpha value is -2.21. The van der Waals surface area contributed by atoms with Crippen molar-refractivity contribution in [1.82, 2.24) is 20.2 Å². The van der Waals surface area contributed by atoms with Gasteiger partial charge in [-0.05, 0) is 59.5 Å².